The molecule has 0 saturated carbocycles. The third kappa shape index (κ3) is 4.18. The molecule has 0 atom stereocenters. The van der Waals surface area contributed by atoms with Gasteiger partial charge in [-0.25, -0.2) is 10.4 Å². The van der Waals surface area contributed by atoms with Crippen molar-refractivity contribution >= 4 is 39.1 Å². The van der Waals surface area contributed by atoms with E-state index in [1.165, 1.54) is 29.3 Å². The summed E-state index contributed by atoms with van der Waals surface area (Å²) >= 11 is 1.33. The highest BCUT2D eigenvalue weighted by molar-refractivity contribution is 7.20. The number of methoxy groups -OCH3 is 1. The zero-order valence-electron chi connectivity index (χ0n) is 17.2. The van der Waals surface area contributed by atoms with Crippen LogP contribution in [0.4, 0.5) is 0 Å². The molecule has 0 aliphatic carbocycles. The van der Waals surface area contributed by atoms with Gasteiger partial charge in [0, 0.05) is 12.4 Å². The van der Waals surface area contributed by atoms with Crippen molar-refractivity contribution in [1.29, 1.82) is 0 Å². The number of H-pyrrole nitrogens is 1. The lowest BCUT2D eigenvalue weighted by molar-refractivity contribution is -0.139. The van der Waals surface area contributed by atoms with Crippen LogP contribution in [-0.2, 0) is 16.0 Å². The molecular formula is C21H18N6O4S. The number of nitrogens with zero attached hydrogens (tertiary/aromatic N) is 4. The van der Waals surface area contributed by atoms with Gasteiger partial charge in [0.05, 0.1) is 46.3 Å². The van der Waals surface area contributed by atoms with E-state index in [1.54, 1.807) is 25.3 Å². The molecule has 0 aliphatic rings. The normalized spacial score (nSPS) is 11.5. The Labute approximate surface area is 185 Å². The van der Waals surface area contributed by atoms with Crippen molar-refractivity contribution in [3.63, 3.8) is 0 Å². The molecule has 4 rings (SSSR count). The Kier molecular flexibility index (Phi) is 5.90. The van der Waals surface area contributed by atoms with Gasteiger partial charge in [-0.05, 0) is 31.2 Å². The van der Waals surface area contributed by atoms with Crippen LogP contribution >= 0.6 is 11.3 Å². The SMILES string of the molecule is COC(=O)Cc1[nH]n(-c2nc3ccccc3s2)c(=O)c1/C(C)=N/NC(=O)c1cccnc1. The maximum atomic E-state index is 13.2. The molecule has 0 unspecified atom stereocenters. The Morgan fingerprint density at radius 2 is 2.06 bits per heavy atom. The lowest BCUT2D eigenvalue weighted by Gasteiger charge is -2.03. The number of para-hydroxylation sites is 1. The topological polar surface area (TPSA) is 131 Å². The number of aromatic nitrogens is 4. The number of hydrogen-bond acceptors (Lipinski definition) is 8. The molecule has 0 bridgehead atoms. The van der Waals surface area contributed by atoms with E-state index in [4.69, 9.17) is 4.74 Å². The molecule has 0 fully saturated rings. The average molecular weight is 450 g/mol. The van der Waals surface area contributed by atoms with E-state index in [-0.39, 0.29) is 17.7 Å². The van der Waals surface area contributed by atoms with Crippen LogP contribution in [0.2, 0.25) is 0 Å². The molecule has 10 nitrogen and oxygen atoms in total. The maximum Gasteiger partial charge on any atom is 0.311 e. The Bertz CT molecular complexity index is 1350. The molecule has 3 heterocycles. The van der Waals surface area contributed by atoms with Crippen LogP contribution in [0.25, 0.3) is 15.3 Å². The smallest absolute Gasteiger partial charge is 0.311 e. The van der Waals surface area contributed by atoms with Gasteiger partial charge in [0.1, 0.15) is 0 Å². The summed E-state index contributed by atoms with van der Waals surface area (Å²) in [4.78, 5) is 45.8. The fourth-order valence-corrected chi connectivity index (χ4v) is 3.97. The number of esters is 1. The van der Waals surface area contributed by atoms with Crippen molar-refractivity contribution in [2.45, 2.75) is 13.3 Å². The maximum absolute atomic E-state index is 13.2. The van der Waals surface area contributed by atoms with E-state index >= 15 is 0 Å². The average Bonchev–Trinajstić information content (AvgIpc) is 3.38. The molecule has 3 aromatic heterocycles. The number of carbonyl (C=O) groups is 2. The van der Waals surface area contributed by atoms with E-state index in [2.05, 4.69) is 25.6 Å². The molecule has 11 heteroatoms. The predicted molar refractivity (Wildman–Crippen MR) is 119 cm³/mol. The molecular weight excluding hydrogens is 432 g/mol. The number of rotatable bonds is 6. The van der Waals surface area contributed by atoms with Crippen molar-refractivity contribution in [2.24, 2.45) is 5.10 Å². The fraction of sp³-hybridized carbons (Fsp3) is 0.143. The van der Waals surface area contributed by atoms with Gasteiger partial charge in [0.2, 0.25) is 5.13 Å². The van der Waals surface area contributed by atoms with E-state index in [1.807, 2.05) is 24.3 Å². The molecule has 0 radical (unpaired) electrons. The molecule has 0 saturated heterocycles. The number of fused-ring (bicyclic) bond motifs is 1. The second kappa shape index (κ2) is 8.94. The monoisotopic (exact) mass is 450 g/mol. The molecule has 1 aromatic carbocycles. The number of ether oxygens (including phenoxy) is 1. The molecule has 4 aromatic rings. The summed E-state index contributed by atoms with van der Waals surface area (Å²) in [6, 6.07) is 10.7. The number of carbonyl (C=O) groups excluding carboxylic acids is 2. The number of thiazole rings is 1. The Balaban J connectivity index is 1.73. The summed E-state index contributed by atoms with van der Waals surface area (Å²) in [5.41, 5.74) is 3.71. The van der Waals surface area contributed by atoms with E-state index in [9.17, 15) is 14.4 Å². The van der Waals surface area contributed by atoms with Crippen LogP contribution in [0.5, 0.6) is 0 Å². The van der Waals surface area contributed by atoms with Crippen molar-refractivity contribution < 1.29 is 14.3 Å². The van der Waals surface area contributed by atoms with Crippen molar-refractivity contribution in [2.75, 3.05) is 7.11 Å². The van der Waals surface area contributed by atoms with Gasteiger partial charge >= 0.3 is 5.97 Å². The zero-order valence-corrected chi connectivity index (χ0v) is 18.0. The highest BCUT2D eigenvalue weighted by Gasteiger charge is 2.22. The number of nitrogens with one attached hydrogen (secondary N) is 2. The van der Waals surface area contributed by atoms with Crippen LogP contribution in [0.15, 0.2) is 58.7 Å². The first-order valence-electron chi connectivity index (χ1n) is 9.49. The number of hydrazone groups is 1. The molecule has 32 heavy (non-hydrogen) atoms. The van der Waals surface area contributed by atoms with Crippen molar-refractivity contribution in [3.8, 4) is 5.13 Å². The Hall–Kier alpha value is -4.12. The molecule has 1 amide bonds. The van der Waals surface area contributed by atoms with Crippen LogP contribution in [0, 0.1) is 0 Å². The first-order chi connectivity index (χ1) is 15.5. The van der Waals surface area contributed by atoms with E-state index < -0.39 is 17.4 Å². The highest BCUT2D eigenvalue weighted by Crippen LogP contribution is 2.23. The molecule has 0 spiro atoms. The van der Waals surface area contributed by atoms with Crippen molar-refractivity contribution in [1.82, 2.24) is 25.2 Å². The summed E-state index contributed by atoms with van der Waals surface area (Å²) in [7, 11) is 1.26. The molecule has 2 N–H and O–H groups in total. The first-order valence-corrected chi connectivity index (χ1v) is 10.3. The number of amides is 1. The number of aromatic amines is 1. The van der Waals surface area contributed by atoms with E-state index in [0.717, 1.165) is 10.2 Å². The van der Waals surface area contributed by atoms with Crippen LogP contribution < -0.4 is 11.0 Å². The standard InChI is InChI=1S/C21H18N6O4S/c1-12(24-25-19(29)13-6-5-9-22-11-13)18-15(10-17(28)31-2)26-27(20(18)30)21-23-14-7-3-4-8-16(14)32-21/h3-9,11,26H,10H2,1-2H3,(H,25,29)/b24-12+. The number of pyridine rings is 1. The van der Waals surface area contributed by atoms with Gasteiger partial charge in [0.25, 0.3) is 11.5 Å². The predicted octanol–water partition coefficient (Wildman–Crippen LogP) is 2.04. The third-order valence-electron chi connectivity index (χ3n) is 4.60. The highest BCUT2D eigenvalue weighted by atomic mass is 32.1. The Morgan fingerprint density at radius 1 is 1.25 bits per heavy atom. The van der Waals surface area contributed by atoms with Crippen LogP contribution in [-0.4, -0.2) is 44.4 Å². The van der Waals surface area contributed by atoms with Gasteiger partial charge in [-0.2, -0.15) is 9.78 Å². The zero-order chi connectivity index (χ0) is 22.7. The second-order valence-electron chi connectivity index (χ2n) is 6.70. The summed E-state index contributed by atoms with van der Waals surface area (Å²) in [6.07, 6.45) is 2.77. The lowest BCUT2D eigenvalue weighted by atomic mass is 10.1. The minimum absolute atomic E-state index is 0.154. The van der Waals surface area contributed by atoms with E-state index in [0.29, 0.717) is 16.4 Å². The number of hydrogen-bond donors (Lipinski definition) is 2. The third-order valence-corrected chi connectivity index (χ3v) is 5.62. The summed E-state index contributed by atoms with van der Waals surface area (Å²) in [5.74, 6) is -1.01. The fourth-order valence-electron chi connectivity index (χ4n) is 3.04. The molecule has 0 aliphatic heterocycles. The minimum Gasteiger partial charge on any atom is -0.469 e. The van der Waals surface area contributed by atoms with Crippen molar-refractivity contribution in [3.05, 3.63) is 76.0 Å². The van der Waals surface area contributed by atoms with Crippen LogP contribution in [0.1, 0.15) is 28.5 Å². The molecule has 162 valence electrons. The summed E-state index contributed by atoms with van der Waals surface area (Å²) in [6.45, 7) is 1.57. The van der Waals surface area contributed by atoms with Gasteiger partial charge in [-0.1, -0.05) is 23.5 Å². The summed E-state index contributed by atoms with van der Waals surface area (Å²) in [5, 5.41) is 7.42. The largest absolute Gasteiger partial charge is 0.469 e. The lowest BCUT2D eigenvalue weighted by Crippen LogP contribution is -2.24. The summed E-state index contributed by atoms with van der Waals surface area (Å²) < 4.78 is 6.92. The Morgan fingerprint density at radius 3 is 2.78 bits per heavy atom. The first kappa shape index (κ1) is 21.1. The van der Waals surface area contributed by atoms with Gasteiger partial charge in [-0.3, -0.25) is 24.5 Å². The van der Waals surface area contributed by atoms with Gasteiger partial charge in [0.15, 0.2) is 0 Å². The number of benzene rings is 1. The quantitative estimate of drug-likeness (QED) is 0.263. The van der Waals surface area contributed by atoms with Gasteiger partial charge in [-0.15, -0.1) is 0 Å². The van der Waals surface area contributed by atoms with Crippen LogP contribution in [0.3, 0.4) is 0 Å². The minimum atomic E-state index is -0.531. The second-order valence-corrected chi connectivity index (χ2v) is 7.71. The van der Waals surface area contributed by atoms with Gasteiger partial charge < -0.3 is 4.74 Å².